The Bertz CT molecular complexity index is 438. The number of likely N-dealkylation sites (N-methyl/N-ethyl adjacent to an activating group) is 3. The van der Waals surface area contributed by atoms with Crippen molar-refractivity contribution in [2.24, 2.45) is 0 Å². The van der Waals surface area contributed by atoms with Crippen LogP contribution in [0.5, 0.6) is 5.75 Å². The number of hydrogen-bond donors (Lipinski definition) is 1. The molecule has 1 N–H and O–H groups in total. The molecular formula is C17H29N3O. The maximum absolute atomic E-state index is 5.95. The Morgan fingerprint density at radius 2 is 2.05 bits per heavy atom. The number of nitrogens with one attached hydrogen (secondary N) is 1. The van der Waals surface area contributed by atoms with Crippen molar-refractivity contribution in [3.05, 3.63) is 29.8 Å². The first kappa shape index (κ1) is 16.3. The van der Waals surface area contributed by atoms with Gasteiger partial charge in [0.1, 0.15) is 5.75 Å². The van der Waals surface area contributed by atoms with E-state index < -0.39 is 0 Å². The molecular weight excluding hydrogens is 262 g/mol. The van der Waals surface area contributed by atoms with Crippen LogP contribution in [0.2, 0.25) is 0 Å². The number of para-hydroxylation sites is 1. The van der Waals surface area contributed by atoms with E-state index in [1.165, 1.54) is 5.56 Å². The summed E-state index contributed by atoms with van der Waals surface area (Å²) in [5, 5.41) is 3.51. The van der Waals surface area contributed by atoms with Gasteiger partial charge in [0.15, 0.2) is 0 Å². The van der Waals surface area contributed by atoms with Crippen molar-refractivity contribution in [3.8, 4) is 5.75 Å². The summed E-state index contributed by atoms with van der Waals surface area (Å²) < 4.78 is 5.95. The number of piperazine rings is 1. The van der Waals surface area contributed by atoms with E-state index in [2.05, 4.69) is 60.4 Å². The fraction of sp³-hybridized carbons (Fsp3) is 0.647. The smallest absolute Gasteiger partial charge is 0.124 e. The summed E-state index contributed by atoms with van der Waals surface area (Å²) in [5.74, 6) is 1.01. The molecule has 0 radical (unpaired) electrons. The molecule has 1 aliphatic rings. The first-order chi connectivity index (χ1) is 10.2. The molecule has 0 amide bonds. The lowest BCUT2D eigenvalue weighted by atomic mass is 9.95. The van der Waals surface area contributed by atoms with E-state index in [0.717, 1.165) is 38.4 Å². The van der Waals surface area contributed by atoms with Crippen LogP contribution in [0.15, 0.2) is 24.3 Å². The quantitative estimate of drug-likeness (QED) is 0.867. The van der Waals surface area contributed by atoms with Crippen LogP contribution in [0.3, 0.4) is 0 Å². The van der Waals surface area contributed by atoms with Crippen molar-refractivity contribution in [1.82, 2.24) is 15.1 Å². The molecule has 1 heterocycles. The van der Waals surface area contributed by atoms with Crippen LogP contribution in [0.25, 0.3) is 0 Å². The average Bonchev–Trinajstić information content (AvgIpc) is 2.50. The largest absolute Gasteiger partial charge is 0.493 e. The number of nitrogens with zero attached hydrogens (tertiary/aromatic N) is 2. The summed E-state index contributed by atoms with van der Waals surface area (Å²) in [7, 11) is 6.47. The van der Waals surface area contributed by atoms with Gasteiger partial charge in [-0.1, -0.05) is 25.1 Å². The summed E-state index contributed by atoms with van der Waals surface area (Å²) in [6, 6.07) is 9.17. The molecule has 2 atom stereocenters. The van der Waals surface area contributed by atoms with E-state index in [0.29, 0.717) is 6.04 Å². The molecule has 4 nitrogen and oxygen atoms in total. The molecule has 1 saturated heterocycles. The fourth-order valence-corrected chi connectivity index (χ4v) is 3.04. The SMILES string of the molecule is CCCOc1ccccc1C(NC)C1CN(C)CCN1C. The van der Waals surface area contributed by atoms with Crippen LogP contribution in [-0.4, -0.2) is 63.2 Å². The molecule has 2 rings (SSSR count). The maximum Gasteiger partial charge on any atom is 0.124 e. The van der Waals surface area contributed by atoms with Crippen molar-refractivity contribution in [2.75, 3.05) is 47.4 Å². The lowest BCUT2D eigenvalue weighted by Crippen LogP contribution is -2.54. The zero-order chi connectivity index (χ0) is 15.2. The van der Waals surface area contributed by atoms with Crippen molar-refractivity contribution >= 4 is 0 Å². The zero-order valence-electron chi connectivity index (χ0n) is 13.8. The van der Waals surface area contributed by atoms with Gasteiger partial charge in [0.05, 0.1) is 12.6 Å². The van der Waals surface area contributed by atoms with Gasteiger partial charge in [0.2, 0.25) is 0 Å². The molecule has 2 unspecified atom stereocenters. The van der Waals surface area contributed by atoms with Gasteiger partial charge in [-0.25, -0.2) is 0 Å². The first-order valence-electron chi connectivity index (χ1n) is 7.95. The third-order valence-corrected chi connectivity index (χ3v) is 4.31. The molecule has 0 bridgehead atoms. The Balaban J connectivity index is 2.23. The Kier molecular flexibility index (Phi) is 6.03. The van der Waals surface area contributed by atoms with Gasteiger partial charge >= 0.3 is 0 Å². The lowest BCUT2D eigenvalue weighted by molar-refractivity contribution is 0.0887. The summed E-state index contributed by atoms with van der Waals surface area (Å²) in [6.07, 6.45) is 1.03. The molecule has 0 saturated carbocycles. The summed E-state index contributed by atoms with van der Waals surface area (Å²) in [5.41, 5.74) is 1.26. The molecule has 1 aromatic carbocycles. The monoisotopic (exact) mass is 291 g/mol. The van der Waals surface area contributed by atoms with Crippen molar-refractivity contribution < 1.29 is 4.74 Å². The van der Waals surface area contributed by atoms with E-state index in [1.807, 2.05) is 7.05 Å². The highest BCUT2D eigenvalue weighted by Crippen LogP contribution is 2.30. The maximum atomic E-state index is 5.95. The minimum Gasteiger partial charge on any atom is -0.493 e. The van der Waals surface area contributed by atoms with Crippen LogP contribution in [0.1, 0.15) is 24.9 Å². The molecule has 0 aromatic heterocycles. The van der Waals surface area contributed by atoms with Crippen LogP contribution in [0, 0.1) is 0 Å². The number of rotatable bonds is 6. The van der Waals surface area contributed by atoms with Crippen molar-refractivity contribution in [2.45, 2.75) is 25.4 Å². The highest BCUT2D eigenvalue weighted by molar-refractivity contribution is 5.37. The molecule has 4 heteroatoms. The van der Waals surface area contributed by atoms with E-state index >= 15 is 0 Å². The number of benzene rings is 1. The molecule has 0 spiro atoms. The molecule has 1 aromatic rings. The molecule has 118 valence electrons. The van der Waals surface area contributed by atoms with Gasteiger partial charge in [-0.3, -0.25) is 4.90 Å². The van der Waals surface area contributed by atoms with Crippen LogP contribution < -0.4 is 10.1 Å². The van der Waals surface area contributed by atoms with Gasteiger partial charge in [-0.05, 0) is 33.6 Å². The van der Waals surface area contributed by atoms with E-state index in [4.69, 9.17) is 4.74 Å². The van der Waals surface area contributed by atoms with Gasteiger partial charge in [-0.2, -0.15) is 0 Å². The van der Waals surface area contributed by atoms with E-state index in [-0.39, 0.29) is 6.04 Å². The summed E-state index contributed by atoms with van der Waals surface area (Å²) in [4.78, 5) is 4.86. The standard InChI is InChI=1S/C17H29N3O/c1-5-12-21-16-9-7-6-8-14(16)17(18-2)15-13-19(3)10-11-20(15)4/h6-9,15,17-18H,5,10-13H2,1-4H3. The Labute approximate surface area is 129 Å². The predicted octanol–water partition coefficient (Wildman–Crippen LogP) is 1.98. The Morgan fingerprint density at radius 3 is 2.76 bits per heavy atom. The Morgan fingerprint density at radius 1 is 1.29 bits per heavy atom. The van der Waals surface area contributed by atoms with Crippen molar-refractivity contribution in [1.29, 1.82) is 0 Å². The topological polar surface area (TPSA) is 27.7 Å². The minimum atomic E-state index is 0.283. The second kappa shape index (κ2) is 7.78. The predicted molar refractivity (Wildman–Crippen MR) is 87.9 cm³/mol. The number of ether oxygens (including phenoxy) is 1. The van der Waals surface area contributed by atoms with Gasteiger partial charge < -0.3 is 15.0 Å². The van der Waals surface area contributed by atoms with Crippen LogP contribution in [0.4, 0.5) is 0 Å². The molecule has 21 heavy (non-hydrogen) atoms. The minimum absolute atomic E-state index is 0.283. The second-order valence-electron chi connectivity index (χ2n) is 5.96. The molecule has 1 fully saturated rings. The van der Waals surface area contributed by atoms with Gasteiger partial charge in [0.25, 0.3) is 0 Å². The van der Waals surface area contributed by atoms with Crippen molar-refractivity contribution in [3.63, 3.8) is 0 Å². The highest BCUT2D eigenvalue weighted by Gasteiger charge is 2.31. The average molecular weight is 291 g/mol. The summed E-state index contributed by atoms with van der Waals surface area (Å²) in [6.45, 7) is 6.23. The van der Waals surface area contributed by atoms with Crippen LogP contribution in [-0.2, 0) is 0 Å². The number of hydrogen-bond acceptors (Lipinski definition) is 4. The normalized spacial score (nSPS) is 22.2. The fourth-order valence-electron chi connectivity index (χ4n) is 3.04. The Hall–Kier alpha value is -1.10. The van der Waals surface area contributed by atoms with Gasteiger partial charge in [0, 0.05) is 31.2 Å². The third-order valence-electron chi connectivity index (χ3n) is 4.31. The molecule has 0 aliphatic carbocycles. The van der Waals surface area contributed by atoms with E-state index in [1.54, 1.807) is 0 Å². The lowest BCUT2D eigenvalue weighted by Gasteiger charge is -2.42. The third kappa shape index (κ3) is 3.96. The van der Waals surface area contributed by atoms with E-state index in [9.17, 15) is 0 Å². The molecule has 1 aliphatic heterocycles. The highest BCUT2D eigenvalue weighted by atomic mass is 16.5. The summed E-state index contributed by atoms with van der Waals surface area (Å²) >= 11 is 0. The second-order valence-corrected chi connectivity index (χ2v) is 5.96. The van der Waals surface area contributed by atoms with Crippen LogP contribution >= 0.6 is 0 Å². The first-order valence-corrected chi connectivity index (χ1v) is 7.95. The van der Waals surface area contributed by atoms with Gasteiger partial charge in [-0.15, -0.1) is 0 Å². The zero-order valence-corrected chi connectivity index (χ0v) is 13.8.